The van der Waals surface area contributed by atoms with Crippen LogP contribution in [0.15, 0.2) is 46.2 Å². The Bertz CT molecular complexity index is 714. The monoisotopic (exact) mass is 311 g/mol. The number of fused-ring (bicyclic) bond motifs is 2. The molecule has 1 heterocycles. The highest BCUT2D eigenvalue weighted by Crippen LogP contribution is 2.32. The van der Waals surface area contributed by atoms with Crippen molar-refractivity contribution in [2.45, 2.75) is 49.2 Å². The van der Waals surface area contributed by atoms with Gasteiger partial charge in [-0.2, -0.15) is 0 Å². The van der Waals surface area contributed by atoms with Crippen molar-refractivity contribution in [2.24, 2.45) is 0 Å². The van der Waals surface area contributed by atoms with Crippen molar-refractivity contribution in [3.8, 4) is 0 Å². The molecule has 0 saturated heterocycles. The summed E-state index contributed by atoms with van der Waals surface area (Å²) < 4.78 is 13.0. The molecule has 0 aliphatic carbocycles. The molecule has 1 unspecified atom stereocenters. The quantitative estimate of drug-likeness (QED) is 0.527. The first-order valence-corrected chi connectivity index (χ1v) is 9.01. The molecule has 1 atom stereocenters. The summed E-state index contributed by atoms with van der Waals surface area (Å²) >= 11 is -1.14. The van der Waals surface area contributed by atoms with Gasteiger partial charge in [-0.05, 0) is 29.1 Å². The third-order valence-electron chi connectivity index (χ3n) is 4.53. The van der Waals surface area contributed by atoms with Crippen LogP contribution in [0.2, 0.25) is 5.82 Å². The Hall–Kier alpha value is -1.39. The van der Waals surface area contributed by atoms with Crippen molar-refractivity contribution in [1.82, 2.24) is 0 Å². The zero-order valence-corrected chi connectivity index (χ0v) is 14.4. The molecule has 2 nitrogen and oxygen atoms in total. The SMILES string of the molecule is CC(C)B1c2ccccc2[S+]([O-])c2ccc(C(C)C)c(N)c21. The van der Waals surface area contributed by atoms with E-state index in [4.69, 9.17) is 5.73 Å². The second-order valence-corrected chi connectivity index (χ2v) is 8.08. The predicted octanol–water partition coefficient (Wildman–Crippen LogP) is 2.89. The molecule has 114 valence electrons. The largest absolute Gasteiger partial charge is 0.606 e. The molecule has 1 aliphatic rings. The standard InChI is InChI=1S/C18H22BNOS/c1-11(2)13-9-10-16-17(18(13)20)19(12(3)4)14-7-5-6-8-15(14)22(16)21/h5-12H,20H2,1-4H3. The van der Waals surface area contributed by atoms with Crippen LogP contribution in [0.1, 0.15) is 39.2 Å². The summed E-state index contributed by atoms with van der Waals surface area (Å²) in [6.07, 6.45) is 0. The van der Waals surface area contributed by atoms with Gasteiger partial charge in [0, 0.05) is 22.3 Å². The molecule has 0 saturated carbocycles. The van der Waals surface area contributed by atoms with Gasteiger partial charge in [0.05, 0.1) is 0 Å². The Balaban J connectivity index is 2.31. The molecule has 4 heteroatoms. The Morgan fingerprint density at radius 2 is 1.68 bits per heavy atom. The highest BCUT2D eigenvalue weighted by molar-refractivity contribution is 7.92. The van der Waals surface area contributed by atoms with Crippen LogP contribution < -0.4 is 16.7 Å². The number of rotatable bonds is 2. The minimum atomic E-state index is -1.14. The summed E-state index contributed by atoms with van der Waals surface area (Å²) in [5.74, 6) is 0.769. The van der Waals surface area contributed by atoms with E-state index >= 15 is 0 Å². The van der Waals surface area contributed by atoms with Crippen LogP contribution in [-0.2, 0) is 11.2 Å². The number of benzene rings is 2. The van der Waals surface area contributed by atoms with Gasteiger partial charge in [0.25, 0.3) is 0 Å². The van der Waals surface area contributed by atoms with E-state index in [0.717, 1.165) is 32.0 Å². The van der Waals surface area contributed by atoms with E-state index in [1.807, 2.05) is 30.3 Å². The first kappa shape index (κ1) is 15.5. The summed E-state index contributed by atoms with van der Waals surface area (Å²) in [5.41, 5.74) is 10.7. The third kappa shape index (κ3) is 2.25. The average Bonchev–Trinajstić information content (AvgIpc) is 2.48. The number of hydrogen-bond acceptors (Lipinski definition) is 2. The zero-order chi connectivity index (χ0) is 16.0. The molecule has 3 rings (SSSR count). The van der Waals surface area contributed by atoms with Crippen molar-refractivity contribution in [1.29, 1.82) is 0 Å². The lowest BCUT2D eigenvalue weighted by atomic mass is 9.34. The molecular weight excluding hydrogens is 289 g/mol. The lowest BCUT2D eigenvalue weighted by molar-refractivity contribution is 0.595. The summed E-state index contributed by atoms with van der Waals surface area (Å²) in [5, 5.41) is 0. The number of anilines is 1. The lowest BCUT2D eigenvalue weighted by Gasteiger charge is -2.31. The van der Waals surface area contributed by atoms with E-state index < -0.39 is 11.2 Å². The zero-order valence-electron chi connectivity index (χ0n) is 13.6. The molecular formula is C18H22BNOS. The van der Waals surface area contributed by atoms with Crippen LogP contribution >= 0.6 is 0 Å². The van der Waals surface area contributed by atoms with Crippen molar-refractivity contribution in [2.75, 3.05) is 5.73 Å². The smallest absolute Gasteiger partial charge is 0.227 e. The van der Waals surface area contributed by atoms with Crippen molar-refractivity contribution >= 4 is 34.5 Å². The van der Waals surface area contributed by atoms with Crippen LogP contribution in [0.25, 0.3) is 0 Å². The molecule has 0 fully saturated rings. The van der Waals surface area contributed by atoms with Gasteiger partial charge in [-0.1, -0.05) is 57.8 Å². The molecule has 0 amide bonds. The lowest BCUT2D eigenvalue weighted by Crippen LogP contribution is -2.53. The molecule has 0 aromatic heterocycles. The van der Waals surface area contributed by atoms with Gasteiger partial charge >= 0.3 is 0 Å². The first-order valence-electron chi connectivity index (χ1n) is 7.86. The van der Waals surface area contributed by atoms with E-state index in [1.165, 1.54) is 0 Å². The third-order valence-corrected chi connectivity index (χ3v) is 6.06. The molecule has 1 aliphatic heterocycles. The van der Waals surface area contributed by atoms with Gasteiger partial charge < -0.3 is 10.3 Å². The van der Waals surface area contributed by atoms with Crippen LogP contribution in [-0.4, -0.2) is 11.3 Å². The fourth-order valence-corrected chi connectivity index (χ4v) is 4.97. The Kier molecular flexibility index (Phi) is 4.00. The second kappa shape index (κ2) is 5.67. The van der Waals surface area contributed by atoms with Crippen LogP contribution in [0.5, 0.6) is 0 Å². The van der Waals surface area contributed by atoms with Crippen LogP contribution in [0.3, 0.4) is 0 Å². The van der Waals surface area contributed by atoms with Crippen molar-refractivity contribution in [3.05, 3.63) is 42.0 Å². The fourth-order valence-electron chi connectivity index (χ4n) is 3.49. The highest BCUT2D eigenvalue weighted by atomic mass is 32.2. The number of nitrogen functional groups attached to an aromatic ring is 1. The minimum absolute atomic E-state index is 0.211. The van der Waals surface area contributed by atoms with Gasteiger partial charge in [0.2, 0.25) is 6.71 Å². The Morgan fingerprint density at radius 3 is 2.32 bits per heavy atom. The van der Waals surface area contributed by atoms with Gasteiger partial charge in [-0.15, -0.1) is 0 Å². The summed E-state index contributed by atoms with van der Waals surface area (Å²) in [7, 11) is 0. The maximum absolute atomic E-state index is 13.0. The highest BCUT2D eigenvalue weighted by Gasteiger charge is 2.41. The molecule has 22 heavy (non-hydrogen) atoms. The van der Waals surface area contributed by atoms with Crippen LogP contribution in [0, 0.1) is 0 Å². The van der Waals surface area contributed by atoms with Gasteiger partial charge in [0.15, 0.2) is 9.79 Å². The van der Waals surface area contributed by atoms with E-state index in [-0.39, 0.29) is 6.71 Å². The van der Waals surface area contributed by atoms with Crippen molar-refractivity contribution < 1.29 is 4.55 Å². The van der Waals surface area contributed by atoms with Gasteiger partial charge in [0.1, 0.15) is 0 Å². The summed E-state index contributed by atoms with van der Waals surface area (Å²) in [6, 6.07) is 12.1. The first-order chi connectivity index (χ1) is 10.4. The normalized spacial score (nSPS) is 16.9. The topological polar surface area (TPSA) is 49.1 Å². The molecule has 0 spiro atoms. The maximum Gasteiger partial charge on any atom is 0.227 e. The second-order valence-electron chi connectivity index (χ2n) is 6.66. The molecule has 2 aromatic rings. The van der Waals surface area contributed by atoms with E-state index in [1.54, 1.807) is 0 Å². The maximum atomic E-state index is 13.0. The van der Waals surface area contributed by atoms with Gasteiger partial charge in [-0.3, -0.25) is 0 Å². The molecule has 0 radical (unpaired) electrons. The molecule has 2 aromatic carbocycles. The predicted molar refractivity (Wildman–Crippen MR) is 96.2 cm³/mol. The van der Waals surface area contributed by atoms with E-state index in [9.17, 15) is 4.55 Å². The molecule has 2 N–H and O–H groups in total. The number of hydrogen-bond donors (Lipinski definition) is 1. The van der Waals surface area contributed by atoms with E-state index in [0.29, 0.717) is 11.7 Å². The summed E-state index contributed by atoms with van der Waals surface area (Å²) in [4.78, 5) is 1.82. The minimum Gasteiger partial charge on any atom is -0.606 e. The Labute approximate surface area is 136 Å². The fraction of sp³-hybridized carbons (Fsp3) is 0.333. The molecule has 0 bridgehead atoms. The van der Waals surface area contributed by atoms with Crippen LogP contribution in [0.4, 0.5) is 5.69 Å². The van der Waals surface area contributed by atoms with E-state index in [2.05, 4.69) is 33.8 Å². The van der Waals surface area contributed by atoms with Gasteiger partial charge in [-0.25, -0.2) is 0 Å². The Morgan fingerprint density at radius 1 is 1.00 bits per heavy atom. The number of nitrogens with two attached hydrogens (primary N) is 1. The average molecular weight is 311 g/mol. The van der Waals surface area contributed by atoms with Crippen molar-refractivity contribution in [3.63, 3.8) is 0 Å². The summed E-state index contributed by atoms with van der Waals surface area (Å²) in [6.45, 7) is 8.93.